The Morgan fingerprint density at radius 1 is 1.00 bits per heavy atom. The number of imidazole rings is 1. The summed E-state index contributed by atoms with van der Waals surface area (Å²) in [6, 6.07) is 10.1. The molecule has 0 atom stereocenters. The van der Waals surface area contributed by atoms with Crippen LogP contribution in [0.25, 0.3) is 22.6 Å². The van der Waals surface area contributed by atoms with E-state index < -0.39 is 0 Å². The van der Waals surface area contributed by atoms with Crippen LogP contribution in [0.1, 0.15) is 0 Å². The van der Waals surface area contributed by atoms with Crippen LogP contribution in [0.2, 0.25) is 0 Å². The molecule has 0 N–H and O–H groups in total. The normalized spacial score (nSPS) is 11.0. The van der Waals surface area contributed by atoms with E-state index in [-0.39, 0.29) is 0 Å². The number of hydrogen-bond donors (Lipinski definition) is 0. The summed E-state index contributed by atoms with van der Waals surface area (Å²) in [5, 5.41) is 4.23. The van der Waals surface area contributed by atoms with Crippen molar-refractivity contribution in [3.63, 3.8) is 0 Å². The third kappa shape index (κ3) is 1.93. The highest BCUT2D eigenvalue weighted by molar-refractivity contribution is 5.66. The van der Waals surface area contributed by atoms with Crippen LogP contribution in [-0.2, 0) is 0 Å². The number of rotatable bonds is 3. The highest BCUT2D eigenvalue weighted by Gasteiger charge is 2.10. The molecule has 0 fully saturated rings. The van der Waals surface area contributed by atoms with Crippen molar-refractivity contribution in [3.8, 4) is 22.8 Å². The number of methoxy groups -OCH3 is 1. The van der Waals surface area contributed by atoms with Gasteiger partial charge in [0.15, 0.2) is 0 Å². The van der Waals surface area contributed by atoms with Gasteiger partial charge >= 0.3 is 0 Å². The van der Waals surface area contributed by atoms with Gasteiger partial charge in [0.2, 0.25) is 5.65 Å². The highest BCUT2D eigenvalue weighted by Crippen LogP contribution is 2.24. The average Bonchev–Trinajstić information content (AvgIpc) is 3.24. The van der Waals surface area contributed by atoms with Crippen LogP contribution in [-0.4, -0.2) is 31.3 Å². The maximum atomic E-state index is 5.24. The van der Waals surface area contributed by atoms with Gasteiger partial charge in [-0.1, -0.05) is 12.1 Å². The molecule has 0 bridgehead atoms. The molecule has 0 amide bonds. The number of hydrogen-bond acceptors (Lipinski definition) is 4. The first kappa shape index (κ1) is 12.6. The van der Waals surface area contributed by atoms with Gasteiger partial charge in [0.25, 0.3) is 5.88 Å². The average molecular weight is 291 g/mol. The fourth-order valence-corrected chi connectivity index (χ4v) is 2.46. The molecule has 0 radical (unpaired) electrons. The van der Waals surface area contributed by atoms with Crippen molar-refractivity contribution >= 4 is 5.65 Å². The maximum absolute atomic E-state index is 5.24. The number of aromatic nitrogens is 5. The van der Waals surface area contributed by atoms with Crippen LogP contribution in [0.15, 0.2) is 61.3 Å². The number of fused-ring (bicyclic) bond motifs is 1. The van der Waals surface area contributed by atoms with Crippen molar-refractivity contribution in [1.29, 1.82) is 0 Å². The van der Waals surface area contributed by atoms with Crippen LogP contribution < -0.4 is 4.74 Å². The molecule has 4 aromatic rings. The van der Waals surface area contributed by atoms with Crippen LogP contribution in [0, 0.1) is 0 Å². The first-order valence-electron chi connectivity index (χ1n) is 6.83. The second kappa shape index (κ2) is 5.00. The minimum Gasteiger partial charge on any atom is -0.478 e. The molecule has 22 heavy (non-hydrogen) atoms. The van der Waals surface area contributed by atoms with Gasteiger partial charge in [-0.05, 0) is 18.2 Å². The molecule has 0 saturated heterocycles. The molecule has 0 saturated carbocycles. The zero-order valence-electron chi connectivity index (χ0n) is 11.9. The summed E-state index contributed by atoms with van der Waals surface area (Å²) in [6.07, 6.45) is 9.08. The van der Waals surface area contributed by atoms with Crippen molar-refractivity contribution in [2.24, 2.45) is 0 Å². The quantitative estimate of drug-likeness (QED) is 0.582. The molecule has 4 rings (SSSR count). The minimum atomic E-state index is 0.516. The lowest BCUT2D eigenvalue weighted by molar-refractivity contribution is 0.400. The second-order valence-electron chi connectivity index (χ2n) is 4.77. The van der Waals surface area contributed by atoms with Gasteiger partial charge in [-0.25, -0.2) is 14.6 Å². The first-order valence-corrected chi connectivity index (χ1v) is 6.83. The predicted molar refractivity (Wildman–Crippen MR) is 82.1 cm³/mol. The third-order valence-electron chi connectivity index (χ3n) is 3.52. The number of ether oxygens (including phenoxy) is 1. The monoisotopic (exact) mass is 291 g/mol. The smallest absolute Gasteiger partial charge is 0.258 e. The van der Waals surface area contributed by atoms with Crippen molar-refractivity contribution in [2.45, 2.75) is 0 Å². The second-order valence-corrected chi connectivity index (χ2v) is 4.77. The van der Waals surface area contributed by atoms with Crippen LogP contribution in [0.5, 0.6) is 5.88 Å². The van der Waals surface area contributed by atoms with Crippen LogP contribution in [0.3, 0.4) is 0 Å². The van der Waals surface area contributed by atoms with Gasteiger partial charge in [-0.15, -0.1) is 0 Å². The lowest BCUT2D eigenvalue weighted by Crippen LogP contribution is -1.95. The summed E-state index contributed by atoms with van der Waals surface area (Å²) in [5.74, 6) is 0.516. The van der Waals surface area contributed by atoms with E-state index in [1.54, 1.807) is 19.5 Å². The molecule has 6 heteroatoms. The van der Waals surface area contributed by atoms with Gasteiger partial charge in [0.05, 0.1) is 24.7 Å². The molecule has 0 aliphatic rings. The molecule has 0 spiro atoms. The molecular formula is C16H13N5O. The molecule has 0 unspecified atom stereocenters. The van der Waals surface area contributed by atoms with Gasteiger partial charge < -0.3 is 4.74 Å². The Morgan fingerprint density at radius 2 is 1.86 bits per heavy atom. The zero-order chi connectivity index (χ0) is 14.9. The Kier molecular flexibility index (Phi) is 2.86. The first-order chi connectivity index (χ1) is 10.9. The van der Waals surface area contributed by atoms with E-state index in [2.05, 4.69) is 15.1 Å². The van der Waals surface area contributed by atoms with Crippen LogP contribution >= 0.6 is 0 Å². The van der Waals surface area contributed by atoms with Crippen molar-refractivity contribution in [1.82, 2.24) is 24.1 Å². The lowest BCUT2D eigenvalue weighted by atomic mass is 10.1. The molecule has 108 valence electrons. The van der Waals surface area contributed by atoms with Gasteiger partial charge in [-0.3, -0.25) is 4.40 Å². The standard InChI is InChI=1S/C16H13N5O/c1-22-16-15-18-11-14(20(15)10-8-17-16)12-3-5-13(6-4-12)21-9-2-7-19-21/h2-11H,1H3. The minimum absolute atomic E-state index is 0.516. The van der Waals surface area contributed by atoms with Gasteiger partial charge in [0, 0.05) is 30.4 Å². The van der Waals surface area contributed by atoms with Crippen molar-refractivity contribution in [2.75, 3.05) is 7.11 Å². The predicted octanol–water partition coefficient (Wildman–Crippen LogP) is 2.59. The summed E-state index contributed by atoms with van der Waals surface area (Å²) in [6.45, 7) is 0. The van der Waals surface area contributed by atoms with E-state index in [1.807, 2.05) is 58.0 Å². The van der Waals surface area contributed by atoms with E-state index in [0.29, 0.717) is 11.5 Å². The molecule has 0 aliphatic heterocycles. The zero-order valence-corrected chi connectivity index (χ0v) is 11.9. The Labute approximate surface area is 126 Å². The fourth-order valence-electron chi connectivity index (χ4n) is 2.46. The summed E-state index contributed by atoms with van der Waals surface area (Å²) in [4.78, 5) is 8.56. The Morgan fingerprint density at radius 3 is 2.59 bits per heavy atom. The van der Waals surface area contributed by atoms with Crippen molar-refractivity contribution < 1.29 is 4.74 Å². The van der Waals surface area contributed by atoms with Gasteiger partial charge in [0.1, 0.15) is 0 Å². The van der Waals surface area contributed by atoms with Crippen LogP contribution in [0.4, 0.5) is 0 Å². The Balaban J connectivity index is 1.79. The molecule has 0 aliphatic carbocycles. The summed E-state index contributed by atoms with van der Waals surface area (Å²) in [5.41, 5.74) is 3.78. The Hall–Kier alpha value is -3.15. The fraction of sp³-hybridized carbons (Fsp3) is 0.0625. The summed E-state index contributed by atoms with van der Waals surface area (Å²) >= 11 is 0. The van der Waals surface area contributed by atoms with E-state index >= 15 is 0 Å². The van der Waals surface area contributed by atoms with E-state index in [1.165, 1.54) is 0 Å². The van der Waals surface area contributed by atoms with Gasteiger partial charge in [-0.2, -0.15) is 5.10 Å². The number of benzene rings is 1. The molecule has 3 aromatic heterocycles. The lowest BCUT2D eigenvalue weighted by Gasteiger charge is -2.05. The van der Waals surface area contributed by atoms with E-state index in [9.17, 15) is 0 Å². The molecule has 3 heterocycles. The summed E-state index contributed by atoms with van der Waals surface area (Å²) in [7, 11) is 1.59. The number of nitrogens with zero attached hydrogens (tertiary/aromatic N) is 5. The maximum Gasteiger partial charge on any atom is 0.258 e. The highest BCUT2D eigenvalue weighted by atomic mass is 16.5. The molecular weight excluding hydrogens is 278 g/mol. The SMILES string of the molecule is COc1nccn2c(-c3ccc(-n4cccn4)cc3)cnc12. The topological polar surface area (TPSA) is 57.2 Å². The van der Waals surface area contributed by atoms with E-state index in [0.717, 1.165) is 16.9 Å². The van der Waals surface area contributed by atoms with E-state index in [4.69, 9.17) is 4.74 Å². The molecule has 6 nitrogen and oxygen atoms in total. The third-order valence-corrected chi connectivity index (χ3v) is 3.52. The largest absolute Gasteiger partial charge is 0.478 e. The summed E-state index contributed by atoms with van der Waals surface area (Å²) < 4.78 is 9.03. The van der Waals surface area contributed by atoms with Crippen molar-refractivity contribution in [3.05, 3.63) is 61.3 Å². The molecule has 1 aromatic carbocycles. The Bertz CT molecular complexity index is 910.